The van der Waals surface area contributed by atoms with Gasteiger partial charge in [0.1, 0.15) is 6.10 Å². The number of carboxylic acid groups (broad SMARTS) is 1. The highest BCUT2D eigenvalue weighted by Crippen LogP contribution is 2.45. The van der Waals surface area contributed by atoms with Gasteiger partial charge in [-0.2, -0.15) is 0 Å². The third-order valence-electron chi connectivity index (χ3n) is 5.25. The molecule has 2 fully saturated rings. The average Bonchev–Trinajstić information content (AvgIpc) is 3.06. The largest absolute Gasteiger partial charge is 0.550 e. The van der Waals surface area contributed by atoms with Gasteiger partial charge in [-0.15, -0.1) is 0 Å². The van der Waals surface area contributed by atoms with Crippen LogP contribution in [-0.4, -0.2) is 34.5 Å². The highest BCUT2D eigenvalue weighted by molar-refractivity contribution is 5.64. The molecule has 5 heteroatoms. The SMILES string of the molecule is CCCCCC(O)C=CC1C(O)CC2OC(=CCCCC(=O)[O-])CC21. The van der Waals surface area contributed by atoms with Crippen molar-refractivity contribution in [2.45, 2.75) is 83.0 Å². The molecule has 2 aliphatic rings. The molecule has 0 radical (unpaired) electrons. The molecule has 25 heavy (non-hydrogen) atoms. The van der Waals surface area contributed by atoms with E-state index in [1.807, 2.05) is 18.2 Å². The molecule has 2 rings (SSSR count). The second kappa shape index (κ2) is 9.97. The third-order valence-corrected chi connectivity index (χ3v) is 5.25. The lowest BCUT2D eigenvalue weighted by molar-refractivity contribution is -0.305. The quantitative estimate of drug-likeness (QED) is 0.464. The monoisotopic (exact) mass is 351 g/mol. The summed E-state index contributed by atoms with van der Waals surface area (Å²) in [6.45, 7) is 2.14. The van der Waals surface area contributed by atoms with Crippen LogP contribution in [0.5, 0.6) is 0 Å². The van der Waals surface area contributed by atoms with Crippen molar-refractivity contribution in [2.24, 2.45) is 11.8 Å². The summed E-state index contributed by atoms with van der Waals surface area (Å²) in [6.07, 6.45) is 11.6. The van der Waals surface area contributed by atoms with Gasteiger partial charge in [-0.25, -0.2) is 0 Å². The van der Waals surface area contributed by atoms with Crippen molar-refractivity contribution in [3.63, 3.8) is 0 Å². The third kappa shape index (κ3) is 6.15. The van der Waals surface area contributed by atoms with E-state index >= 15 is 0 Å². The van der Waals surface area contributed by atoms with Crippen LogP contribution in [0.4, 0.5) is 0 Å². The van der Waals surface area contributed by atoms with Crippen LogP contribution in [0, 0.1) is 11.8 Å². The van der Waals surface area contributed by atoms with E-state index in [2.05, 4.69) is 6.92 Å². The number of aliphatic carboxylic acids is 1. The second-order valence-electron chi connectivity index (χ2n) is 7.29. The van der Waals surface area contributed by atoms with E-state index in [0.717, 1.165) is 37.9 Å². The number of allylic oxidation sites excluding steroid dienone is 2. The Bertz CT molecular complexity index is 484. The Labute approximate surface area is 150 Å². The van der Waals surface area contributed by atoms with Gasteiger partial charge in [-0.05, 0) is 31.8 Å². The highest BCUT2D eigenvalue weighted by Gasteiger charge is 2.46. The van der Waals surface area contributed by atoms with Crippen LogP contribution in [0.1, 0.15) is 64.7 Å². The number of unbranched alkanes of at least 4 members (excludes halogenated alkanes) is 3. The van der Waals surface area contributed by atoms with Crippen molar-refractivity contribution in [3.05, 3.63) is 24.0 Å². The van der Waals surface area contributed by atoms with Crippen LogP contribution >= 0.6 is 0 Å². The molecule has 5 atom stereocenters. The first-order valence-electron chi connectivity index (χ1n) is 9.61. The molecule has 1 aliphatic carbocycles. The molecular formula is C20H31O5-. The van der Waals surface area contributed by atoms with Crippen molar-refractivity contribution in [3.8, 4) is 0 Å². The summed E-state index contributed by atoms with van der Waals surface area (Å²) in [6, 6.07) is 0. The van der Waals surface area contributed by atoms with Gasteiger partial charge in [-0.1, -0.05) is 38.3 Å². The summed E-state index contributed by atoms with van der Waals surface area (Å²) in [4.78, 5) is 10.4. The van der Waals surface area contributed by atoms with Gasteiger partial charge >= 0.3 is 0 Å². The lowest BCUT2D eigenvalue weighted by Crippen LogP contribution is -2.21. The molecule has 0 bridgehead atoms. The Kier molecular flexibility index (Phi) is 7.97. The summed E-state index contributed by atoms with van der Waals surface area (Å²) in [5.74, 6) is 0.136. The number of ether oxygens (including phenoxy) is 1. The predicted molar refractivity (Wildman–Crippen MR) is 93.3 cm³/mol. The topological polar surface area (TPSA) is 89.8 Å². The summed E-state index contributed by atoms with van der Waals surface area (Å²) in [5, 5.41) is 30.7. The molecule has 0 amide bonds. The number of carboxylic acids is 1. The molecule has 0 aromatic rings. The van der Waals surface area contributed by atoms with E-state index in [1.165, 1.54) is 0 Å². The molecule has 142 valence electrons. The smallest absolute Gasteiger partial charge is 0.105 e. The Balaban J connectivity index is 1.83. The number of carbonyl (C=O) groups is 1. The van der Waals surface area contributed by atoms with Gasteiger partial charge in [0.15, 0.2) is 0 Å². The van der Waals surface area contributed by atoms with E-state index in [4.69, 9.17) is 4.74 Å². The maximum Gasteiger partial charge on any atom is 0.105 e. The summed E-state index contributed by atoms with van der Waals surface area (Å²) >= 11 is 0. The maximum atomic E-state index is 10.4. The minimum atomic E-state index is -1.02. The number of rotatable bonds is 10. The second-order valence-corrected chi connectivity index (χ2v) is 7.29. The summed E-state index contributed by atoms with van der Waals surface area (Å²) in [5.41, 5.74) is 0. The van der Waals surface area contributed by atoms with Gasteiger partial charge in [0, 0.05) is 30.6 Å². The number of hydrogen-bond donors (Lipinski definition) is 2. The fraction of sp³-hybridized carbons (Fsp3) is 0.750. The molecule has 2 N–H and O–H groups in total. The molecular weight excluding hydrogens is 320 g/mol. The molecule has 0 aromatic heterocycles. The zero-order valence-electron chi connectivity index (χ0n) is 15.1. The minimum Gasteiger partial charge on any atom is -0.550 e. The van der Waals surface area contributed by atoms with Crippen LogP contribution in [0.2, 0.25) is 0 Å². The highest BCUT2D eigenvalue weighted by atomic mass is 16.5. The van der Waals surface area contributed by atoms with Gasteiger partial charge < -0.3 is 24.9 Å². The first-order valence-corrected chi connectivity index (χ1v) is 9.61. The minimum absolute atomic E-state index is 0.0138. The normalized spacial score (nSPS) is 31.4. The Hall–Kier alpha value is -1.33. The number of hydrogen-bond acceptors (Lipinski definition) is 5. The van der Waals surface area contributed by atoms with Crippen LogP contribution < -0.4 is 5.11 Å². The van der Waals surface area contributed by atoms with Crippen molar-refractivity contribution in [1.82, 2.24) is 0 Å². The van der Waals surface area contributed by atoms with Gasteiger partial charge in [0.2, 0.25) is 0 Å². The molecule has 0 spiro atoms. The summed E-state index contributed by atoms with van der Waals surface area (Å²) < 4.78 is 5.92. The molecule has 5 unspecified atom stereocenters. The van der Waals surface area contributed by atoms with E-state index in [9.17, 15) is 20.1 Å². The molecule has 1 aliphatic heterocycles. The molecule has 1 saturated heterocycles. The average molecular weight is 351 g/mol. The van der Waals surface area contributed by atoms with Crippen molar-refractivity contribution < 1.29 is 24.9 Å². The fourth-order valence-corrected chi connectivity index (χ4v) is 3.85. The van der Waals surface area contributed by atoms with Crippen LogP contribution in [0.25, 0.3) is 0 Å². The van der Waals surface area contributed by atoms with E-state index < -0.39 is 18.2 Å². The Morgan fingerprint density at radius 2 is 2.20 bits per heavy atom. The first-order chi connectivity index (χ1) is 12.0. The molecule has 0 aromatic carbocycles. The molecule has 5 nitrogen and oxygen atoms in total. The zero-order valence-corrected chi connectivity index (χ0v) is 15.1. The van der Waals surface area contributed by atoms with Crippen molar-refractivity contribution >= 4 is 5.97 Å². The van der Waals surface area contributed by atoms with Gasteiger partial charge in [0.25, 0.3) is 0 Å². The number of carbonyl (C=O) groups excluding carboxylic acids is 1. The predicted octanol–water partition coefficient (Wildman–Crippen LogP) is 2.07. The molecule has 1 saturated carbocycles. The van der Waals surface area contributed by atoms with Gasteiger partial charge in [0.05, 0.1) is 18.0 Å². The fourth-order valence-electron chi connectivity index (χ4n) is 3.85. The zero-order chi connectivity index (χ0) is 18.2. The standard InChI is InChI=1S/C20H32O5/c1-2-3-4-7-14(21)10-11-16-17-12-15(8-5-6-9-20(23)24)25-19(17)13-18(16)22/h8,10-11,14,16-19,21-22H,2-7,9,12-13H2,1H3,(H,23,24)/p-1. The Morgan fingerprint density at radius 3 is 2.92 bits per heavy atom. The van der Waals surface area contributed by atoms with Crippen molar-refractivity contribution in [2.75, 3.05) is 0 Å². The van der Waals surface area contributed by atoms with Crippen molar-refractivity contribution in [1.29, 1.82) is 0 Å². The first kappa shape index (κ1) is 20.0. The van der Waals surface area contributed by atoms with E-state index in [0.29, 0.717) is 19.3 Å². The van der Waals surface area contributed by atoms with Crippen LogP contribution in [0.3, 0.4) is 0 Å². The number of aliphatic hydroxyl groups is 2. The lowest BCUT2D eigenvalue weighted by atomic mass is 9.90. The van der Waals surface area contributed by atoms with E-state index in [1.54, 1.807) is 0 Å². The number of fused-ring (bicyclic) bond motifs is 1. The van der Waals surface area contributed by atoms with E-state index in [-0.39, 0.29) is 24.4 Å². The lowest BCUT2D eigenvalue weighted by Gasteiger charge is -2.16. The maximum absolute atomic E-state index is 10.4. The number of aliphatic hydroxyl groups excluding tert-OH is 2. The Morgan fingerprint density at radius 1 is 1.40 bits per heavy atom. The van der Waals surface area contributed by atoms with Gasteiger partial charge in [-0.3, -0.25) is 0 Å². The molecule has 1 heterocycles. The van der Waals surface area contributed by atoms with Crippen LogP contribution in [-0.2, 0) is 9.53 Å². The van der Waals surface area contributed by atoms with Crippen LogP contribution in [0.15, 0.2) is 24.0 Å². The summed E-state index contributed by atoms with van der Waals surface area (Å²) in [7, 11) is 0.